The molecule has 154 valence electrons. The van der Waals surface area contributed by atoms with Crippen LogP contribution < -0.4 is 5.32 Å². The highest BCUT2D eigenvalue weighted by Crippen LogP contribution is 2.41. The highest BCUT2D eigenvalue weighted by molar-refractivity contribution is 5.87. The second-order valence-corrected chi connectivity index (χ2v) is 8.77. The maximum absolute atomic E-state index is 13.3. The lowest BCUT2D eigenvalue weighted by molar-refractivity contribution is -0.148. The van der Waals surface area contributed by atoms with Gasteiger partial charge in [0.05, 0.1) is 0 Å². The van der Waals surface area contributed by atoms with Gasteiger partial charge in [-0.3, -0.25) is 4.79 Å². The molecule has 1 atom stereocenters. The highest BCUT2D eigenvalue weighted by Gasteiger charge is 2.46. The van der Waals surface area contributed by atoms with Crippen molar-refractivity contribution in [2.45, 2.75) is 70.4 Å². The predicted molar refractivity (Wildman–Crippen MR) is 114 cm³/mol. The molecule has 1 aliphatic carbocycles. The fourth-order valence-electron chi connectivity index (χ4n) is 4.72. The van der Waals surface area contributed by atoms with Crippen LogP contribution in [0.2, 0.25) is 0 Å². The number of rotatable bonds is 7. The lowest BCUT2D eigenvalue weighted by Gasteiger charge is -2.37. The van der Waals surface area contributed by atoms with Crippen molar-refractivity contribution < 1.29 is 9.90 Å². The van der Waals surface area contributed by atoms with Crippen molar-refractivity contribution in [3.05, 3.63) is 47.5 Å². The Morgan fingerprint density at radius 3 is 2.39 bits per heavy atom. The number of allylic oxidation sites excluding steroid dienone is 1. The molecule has 28 heavy (non-hydrogen) atoms. The molecule has 4 heteroatoms. The number of carbonyl (C=O) groups excluding carboxylic acids is 1. The smallest absolute Gasteiger partial charge is 0.257 e. The summed E-state index contributed by atoms with van der Waals surface area (Å²) in [5.41, 5.74) is 0.700. The zero-order valence-corrected chi connectivity index (χ0v) is 17.5. The van der Waals surface area contributed by atoms with Gasteiger partial charge in [-0.15, -0.1) is 0 Å². The minimum atomic E-state index is -1.40. The first-order valence-corrected chi connectivity index (χ1v) is 10.9. The van der Waals surface area contributed by atoms with Gasteiger partial charge in [0.2, 0.25) is 0 Å². The van der Waals surface area contributed by atoms with Crippen LogP contribution in [0.1, 0.15) is 64.4 Å². The Bertz CT molecular complexity index is 654. The third kappa shape index (κ3) is 5.03. The van der Waals surface area contributed by atoms with E-state index in [4.69, 9.17) is 0 Å². The van der Waals surface area contributed by atoms with E-state index in [1.165, 1.54) is 5.57 Å². The zero-order chi connectivity index (χ0) is 20.0. The lowest BCUT2D eigenvalue weighted by atomic mass is 9.79. The van der Waals surface area contributed by atoms with E-state index >= 15 is 0 Å². The van der Waals surface area contributed by atoms with Crippen molar-refractivity contribution in [2.24, 2.45) is 5.92 Å². The number of amides is 1. The summed E-state index contributed by atoms with van der Waals surface area (Å²) in [7, 11) is 0. The summed E-state index contributed by atoms with van der Waals surface area (Å²) in [5, 5.41) is 14.8. The minimum absolute atomic E-state index is 0.0130. The van der Waals surface area contributed by atoms with Gasteiger partial charge in [0, 0.05) is 31.6 Å². The van der Waals surface area contributed by atoms with Crippen LogP contribution in [0.15, 0.2) is 42.0 Å². The molecule has 3 rings (SSSR count). The fraction of sp³-hybridized carbons (Fsp3) is 0.625. The van der Waals surface area contributed by atoms with Gasteiger partial charge >= 0.3 is 0 Å². The van der Waals surface area contributed by atoms with E-state index in [1.54, 1.807) is 0 Å². The molecule has 1 amide bonds. The number of likely N-dealkylation sites (tertiary alicyclic amines) is 1. The van der Waals surface area contributed by atoms with E-state index in [0.29, 0.717) is 0 Å². The summed E-state index contributed by atoms with van der Waals surface area (Å²) in [4.78, 5) is 15.7. The lowest BCUT2D eigenvalue weighted by Crippen LogP contribution is -2.54. The standard InChI is InChI=1S/C24H36N2O2/c1-19(2)9-8-16-26-17-14-22(15-18-26)25-23(27)24(28,21-12-6-7-13-21)20-10-4-3-5-11-20/h3-5,9-11,21-22,28H,6-8,12-18H2,1-2H3,(H,25,27)/t24-/m0/s1. The number of aliphatic hydroxyl groups is 1. The molecule has 1 aromatic carbocycles. The maximum Gasteiger partial charge on any atom is 0.257 e. The molecule has 0 spiro atoms. The van der Waals surface area contributed by atoms with Gasteiger partial charge < -0.3 is 15.3 Å². The van der Waals surface area contributed by atoms with Gasteiger partial charge in [0.25, 0.3) is 5.91 Å². The summed E-state index contributed by atoms with van der Waals surface area (Å²) >= 11 is 0. The highest BCUT2D eigenvalue weighted by atomic mass is 16.3. The second kappa shape index (κ2) is 9.71. The van der Waals surface area contributed by atoms with Gasteiger partial charge in [-0.2, -0.15) is 0 Å². The third-order valence-electron chi connectivity index (χ3n) is 6.43. The number of nitrogens with one attached hydrogen (secondary N) is 1. The van der Waals surface area contributed by atoms with Crippen molar-refractivity contribution in [3.8, 4) is 0 Å². The second-order valence-electron chi connectivity index (χ2n) is 8.77. The minimum Gasteiger partial charge on any atom is -0.375 e. The average molecular weight is 385 g/mol. The van der Waals surface area contributed by atoms with Gasteiger partial charge in [0.15, 0.2) is 5.60 Å². The molecule has 2 fully saturated rings. The zero-order valence-electron chi connectivity index (χ0n) is 17.5. The number of hydrogen-bond acceptors (Lipinski definition) is 3. The molecule has 4 nitrogen and oxygen atoms in total. The summed E-state index contributed by atoms with van der Waals surface area (Å²) in [6.07, 6.45) is 9.31. The van der Waals surface area contributed by atoms with Crippen LogP contribution in [0, 0.1) is 5.92 Å². The summed E-state index contributed by atoms with van der Waals surface area (Å²) in [6.45, 7) is 7.38. The van der Waals surface area contributed by atoms with Crippen LogP contribution in [0.4, 0.5) is 0 Å². The molecule has 0 radical (unpaired) electrons. The Balaban J connectivity index is 1.60. The summed E-state index contributed by atoms with van der Waals surface area (Å²) in [5.74, 6) is -0.187. The fourth-order valence-corrected chi connectivity index (χ4v) is 4.72. The molecule has 1 saturated carbocycles. The van der Waals surface area contributed by atoms with Crippen LogP contribution in [-0.4, -0.2) is 41.6 Å². The van der Waals surface area contributed by atoms with Crippen molar-refractivity contribution in [1.29, 1.82) is 0 Å². The largest absolute Gasteiger partial charge is 0.375 e. The monoisotopic (exact) mass is 384 g/mol. The topological polar surface area (TPSA) is 52.6 Å². The molecule has 1 aromatic rings. The first kappa shape index (κ1) is 21.1. The van der Waals surface area contributed by atoms with E-state index in [9.17, 15) is 9.90 Å². The molecule has 1 aliphatic heterocycles. The number of hydrogen-bond donors (Lipinski definition) is 2. The molecule has 0 unspecified atom stereocenters. The summed E-state index contributed by atoms with van der Waals surface area (Å²) < 4.78 is 0. The van der Waals surface area contributed by atoms with Crippen LogP contribution in [0.5, 0.6) is 0 Å². The van der Waals surface area contributed by atoms with Crippen LogP contribution in [0.3, 0.4) is 0 Å². The Morgan fingerprint density at radius 1 is 1.14 bits per heavy atom. The van der Waals surface area contributed by atoms with E-state index in [2.05, 4.69) is 30.1 Å². The van der Waals surface area contributed by atoms with Crippen LogP contribution in [0.25, 0.3) is 0 Å². The number of carbonyl (C=O) groups is 1. The van der Waals surface area contributed by atoms with Crippen molar-refractivity contribution in [2.75, 3.05) is 19.6 Å². The van der Waals surface area contributed by atoms with E-state index in [0.717, 1.165) is 70.1 Å². The third-order valence-corrected chi connectivity index (χ3v) is 6.43. The van der Waals surface area contributed by atoms with E-state index in [-0.39, 0.29) is 17.9 Å². The molecule has 1 saturated heterocycles. The Hall–Kier alpha value is -1.65. The van der Waals surface area contributed by atoms with Crippen molar-refractivity contribution in [3.63, 3.8) is 0 Å². The molecule has 0 aromatic heterocycles. The first-order chi connectivity index (χ1) is 13.5. The number of benzene rings is 1. The molecule has 2 aliphatic rings. The SMILES string of the molecule is CC(C)=CCCN1CCC(NC(=O)[C@](O)(c2ccccc2)C2CCCC2)CC1. The quantitative estimate of drug-likeness (QED) is 0.699. The molecular formula is C24H36N2O2. The maximum atomic E-state index is 13.3. The first-order valence-electron chi connectivity index (χ1n) is 10.9. The normalized spacial score (nSPS) is 21.2. The molecular weight excluding hydrogens is 348 g/mol. The van der Waals surface area contributed by atoms with Gasteiger partial charge in [-0.25, -0.2) is 0 Å². The molecule has 2 N–H and O–H groups in total. The van der Waals surface area contributed by atoms with Crippen molar-refractivity contribution >= 4 is 5.91 Å². The average Bonchev–Trinajstić information content (AvgIpc) is 3.24. The van der Waals surface area contributed by atoms with Crippen LogP contribution >= 0.6 is 0 Å². The van der Waals surface area contributed by atoms with E-state index in [1.807, 2.05) is 30.3 Å². The summed E-state index contributed by atoms with van der Waals surface area (Å²) in [6, 6.07) is 9.69. The number of piperidine rings is 1. The van der Waals surface area contributed by atoms with Gasteiger partial charge in [-0.05, 0) is 51.5 Å². The van der Waals surface area contributed by atoms with Gasteiger partial charge in [0.1, 0.15) is 0 Å². The Kier molecular flexibility index (Phi) is 7.30. The van der Waals surface area contributed by atoms with Crippen LogP contribution in [-0.2, 0) is 10.4 Å². The Morgan fingerprint density at radius 2 is 1.79 bits per heavy atom. The molecule has 1 heterocycles. The van der Waals surface area contributed by atoms with E-state index < -0.39 is 5.60 Å². The predicted octanol–water partition coefficient (Wildman–Crippen LogP) is 4.00. The number of nitrogens with zero attached hydrogens (tertiary/aromatic N) is 1. The molecule has 0 bridgehead atoms. The Labute approximate surface area is 170 Å². The van der Waals surface area contributed by atoms with Gasteiger partial charge in [-0.1, -0.05) is 54.8 Å². The van der Waals surface area contributed by atoms with Crippen molar-refractivity contribution in [1.82, 2.24) is 10.2 Å².